The largest absolute Gasteiger partial charge is 0.477 e. The Bertz CT molecular complexity index is 1050. The van der Waals surface area contributed by atoms with Gasteiger partial charge in [0.05, 0.1) is 0 Å². The number of ether oxygens (including phenoxy) is 2. The molecule has 0 unspecified atom stereocenters. The zero-order valence-corrected chi connectivity index (χ0v) is 26.7. The number of Topliss-reactive ketones (excluding diaryl/α,β-unsaturated/α-hetero) is 1. The predicted octanol–water partition coefficient (Wildman–Crippen LogP) is 8.87. The first-order chi connectivity index (χ1) is 20.6. The Balaban J connectivity index is 0.969. The quantitative estimate of drug-likeness (QED) is 0.0931. The van der Waals surface area contributed by atoms with Crippen LogP contribution in [-0.4, -0.2) is 42.4 Å². The van der Waals surface area contributed by atoms with Crippen LogP contribution in [-0.2, 0) is 21.4 Å². The van der Waals surface area contributed by atoms with Crippen molar-refractivity contribution < 1.29 is 19.1 Å². The number of carbonyl (C=O) groups is 2. The zero-order chi connectivity index (χ0) is 29.4. The molecule has 4 aliphatic rings. The van der Waals surface area contributed by atoms with Crippen LogP contribution in [0.4, 0.5) is 0 Å². The van der Waals surface area contributed by atoms with Crippen LogP contribution in [0.15, 0.2) is 12.1 Å². The topological polar surface area (TPSA) is 55.8 Å². The summed E-state index contributed by atoms with van der Waals surface area (Å²) in [7, 11) is 2.22. The highest BCUT2D eigenvalue weighted by Crippen LogP contribution is 2.63. The van der Waals surface area contributed by atoms with Gasteiger partial charge in [0, 0.05) is 29.9 Å². The number of hydrogen-bond acceptors (Lipinski definition) is 5. The van der Waals surface area contributed by atoms with Crippen molar-refractivity contribution in [1.29, 1.82) is 0 Å². The van der Waals surface area contributed by atoms with E-state index in [0.717, 1.165) is 38.6 Å². The van der Waals surface area contributed by atoms with Crippen molar-refractivity contribution in [3.05, 3.63) is 23.3 Å². The lowest BCUT2D eigenvalue weighted by atomic mass is 9.52. The van der Waals surface area contributed by atoms with Gasteiger partial charge >= 0.3 is 5.97 Å². The lowest BCUT2D eigenvalue weighted by molar-refractivity contribution is -0.138. The van der Waals surface area contributed by atoms with Crippen LogP contribution in [0.5, 0.6) is 11.5 Å². The fraction of sp³-hybridized carbons (Fsp3) is 0.784. The lowest BCUT2D eigenvalue weighted by Gasteiger charge is -2.57. The van der Waals surface area contributed by atoms with Crippen molar-refractivity contribution in [3.63, 3.8) is 0 Å². The molecule has 2 aliphatic carbocycles. The molecular weight excluding hydrogens is 522 g/mol. The van der Waals surface area contributed by atoms with Gasteiger partial charge < -0.3 is 14.4 Å². The van der Waals surface area contributed by atoms with Gasteiger partial charge in [0.2, 0.25) is 0 Å². The number of esters is 1. The number of nitrogens with zero attached hydrogens (tertiary/aromatic N) is 1. The highest BCUT2D eigenvalue weighted by molar-refractivity contribution is 5.89. The van der Waals surface area contributed by atoms with Gasteiger partial charge in [-0.1, -0.05) is 116 Å². The van der Waals surface area contributed by atoms with Crippen molar-refractivity contribution in [2.45, 2.75) is 166 Å². The summed E-state index contributed by atoms with van der Waals surface area (Å²) >= 11 is 0. The van der Waals surface area contributed by atoms with E-state index in [9.17, 15) is 9.59 Å². The Morgan fingerprint density at radius 1 is 0.905 bits per heavy atom. The molecule has 2 fully saturated rings. The Morgan fingerprint density at radius 2 is 1.50 bits per heavy atom. The standard InChI is InChI=1S/C37H57NO4/c1-3-4-5-6-7-8-9-10-11-12-13-14-15-16-17-18-19-20-33(40)41-32-24-21-28-27-30-29-22-23-31(39)36-37(29,25-26-38(30)2)34(28)35(32)42-36/h21,24,29-30,36H,3-20,22-23,25-27H2,1-2H3/t29-,30+,36-,37-/m0/s1. The number of piperidine rings is 1. The minimum Gasteiger partial charge on any atom is -0.477 e. The smallest absolute Gasteiger partial charge is 0.311 e. The fourth-order valence-electron chi connectivity index (χ4n) is 8.76. The van der Waals surface area contributed by atoms with Crippen LogP contribution < -0.4 is 9.47 Å². The Kier molecular flexibility index (Phi) is 11.4. The number of benzene rings is 1. The molecule has 0 N–H and O–H groups in total. The summed E-state index contributed by atoms with van der Waals surface area (Å²) < 4.78 is 12.4. The molecule has 0 radical (unpaired) electrons. The predicted molar refractivity (Wildman–Crippen MR) is 169 cm³/mol. The monoisotopic (exact) mass is 579 g/mol. The summed E-state index contributed by atoms with van der Waals surface area (Å²) in [5.41, 5.74) is 2.24. The van der Waals surface area contributed by atoms with Gasteiger partial charge in [-0.15, -0.1) is 0 Å². The average Bonchev–Trinajstić information content (AvgIpc) is 3.34. The molecule has 2 heterocycles. The molecule has 1 spiro atoms. The van der Waals surface area contributed by atoms with Crippen molar-refractivity contribution >= 4 is 11.8 Å². The molecule has 2 aliphatic heterocycles. The van der Waals surface area contributed by atoms with E-state index in [-0.39, 0.29) is 17.2 Å². The fourth-order valence-corrected chi connectivity index (χ4v) is 8.76. The number of unbranched alkanes of at least 4 members (excludes halogenated alkanes) is 16. The maximum absolute atomic E-state index is 13.1. The van der Waals surface area contributed by atoms with Crippen LogP contribution in [0.1, 0.15) is 153 Å². The summed E-state index contributed by atoms with van der Waals surface area (Å²) in [6.07, 6.45) is 26.1. The van der Waals surface area contributed by atoms with Crippen molar-refractivity contribution in [2.24, 2.45) is 5.92 Å². The maximum atomic E-state index is 13.1. The van der Waals surface area contributed by atoms with E-state index in [1.54, 1.807) is 0 Å². The van der Waals surface area contributed by atoms with Crippen molar-refractivity contribution in [3.8, 4) is 11.5 Å². The van der Waals surface area contributed by atoms with Gasteiger partial charge in [-0.05, 0) is 56.8 Å². The molecule has 234 valence electrons. The zero-order valence-electron chi connectivity index (χ0n) is 26.7. The summed E-state index contributed by atoms with van der Waals surface area (Å²) in [5.74, 6) is 1.70. The minimum atomic E-state index is -0.411. The molecule has 5 rings (SSSR count). The van der Waals surface area contributed by atoms with Crippen molar-refractivity contribution in [2.75, 3.05) is 13.6 Å². The summed E-state index contributed by atoms with van der Waals surface area (Å²) in [5, 5.41) is 0. The molecule has 0 aromatic heterocycles. The third kappa shape index (κ3) is 6.92. The lowest BCUT2D eigenvalue weighted by Crippen LogP contribution is -2.65. The molecule has 42 heavy (non-hydrogen) atoms. The van der Waals surface area contributed by atoms with E-state index >= 15 is 0 Å². The Morgan fingerprint density at radius 3 is 2.12 bits per heavy atom. The van der Waals surface area contributed by atoms with Gasteiger partial charge in [-0.3, -0.25) is 9.59 Å². The third-order valence-corrected chi connectivity index (χ3v) is 11.1. The molecule has 1 saturated carbocycles. The number of hydrogen-bond donors (Lipinski definition) is 0. The second kappa shape index (κ2) is 15.2. The Labute approximate surface area is 255 Å². The van der Waals surface area contributed by atoms with E-state index in [1.165, 1.54) is 107 Å². The molecule has 1 saturated heterocycles. The van der Waals surface area contributed by atoms with Gasteiger partial charge in [0.25, 0.3) is 0 Å². The normalized spacial score (nSPS) is 25.8. The summed E-state index contributed by atoms with van der Waals surface area (Å²) in [4.78, 5) is 28.4. The first-order valence-electron chi connectivity index (χ1n) is 17.8. The highest BCUT2D eigenvalue weighted by atomic mass is 16.6. The highest BCUT2D eigenvalue weighted by Gasteiger charge is 2.65. The van der Waals surface area contributed by atoms with Gasteiger partial charge in [0.15, 0.2) is 23.4 Å². The number of ketones is 1. The first-order valence-corrected chi connectivity index (χ1v) is 17.8. The van der Waals surface area contributed by atoms with E-state index < -0.39 is 6.10 Å². The summed E-state index contributed by atoms with van der Waals surface area (Å²) in [6, 6.07) is 4.51. The number of rotatable bonds is 19. The molecule has 1 aromatic rings. The molecule has 1 aromatic carbocycles. The van der Waals surface area contributed by atoms with Gasteiger partial charge in [-0.25, -0.2) is 0 Å². The second-order valence-corrected chi connectivity index (χ2v) is 14.0. The van der Waals surface area contributed by atoms with Gasteiger partial charge in [-0.2, -0.15) is 0 Å². The summed E-state index contributed by atoms with van der Waals surface area (Å²) in [6.45, 7) is 3.27. The van der Waals surface area contributed by atoms with Crippen molar-refractivity contribution in [1.82, 2.24) is 4.90 Å². The molecule has 0 amide bonds. The number of likely N-dealkylation sites (N-methyl/N-ethyl adjacent to an activating group) is 1. The van der Waals surface area contributed by atoms with E-state index in [2.05, 4.69) is 24.9 Å². The number of likely N-dealkylation sites (tertiary alicyclic amines) is 1. The van der Waals surface area contributed by atoms with Crippen LogP contribution in [0.3, 0.4) is 0 Å². The third-order valence-electron chi connectivity index (χ3n) is 11.1. The molecule has 5 heteroatoms. The Hall–Kier alpha value is -1.88. The van der Waals surface area contributed by atoms with E-state index in [4.69, 9.17) is 9.47 Å². The maximum Gasteiger partial charge on any atom is 0.311 e. The van der Waals surface area contributed by atoms with Crippen LogP contribution >= 0.6 is 0 Å². The molecular formula is C37H57NO4. The van der Waals surface area contributed by atoms with E-state index in [0.29, 0.717) is 36.3 Å². The minimum absolute atomic E-state index is 0.178. The SMILES string of the molecule is CCCCCCCCCCCCCCCCCCCC(=O)Oc1ccc2c3c1O[C@H]1C(=O)CC[C@H]4[C@@H](C2)N(C)CC[C@]314. The molecule has 2 bridgehead atoms. The van der Waals surface area contributed by atoms with Crippen LogP contribution in [0.2, 0.25) is 0 Å². The molecule has 5 nitrogen and oxygen atoms in total. The van der Waals surface area contributed by atoms with E-state index in [1.807, 2.05) is 6.07 Å². The van der Waals surface area contributed by atoms with Gasteiger partial charge in [0.1, 0.15) is 0 Å². The molecule has 4 atom stereocenters. The van der Waals surface area contributed by atoms with Crippen LogP contribution in [0.25, 0.3) is 0 Å². The van der Waals surface area contributed by atoms with Crippen LogP contribution in [0, 0.1) is 5.92 Å². The number of carbonyl (C=O) groups excluding carboxylic acids is 2. The first kappa shape index (κ1) is 31.5. The second-order valence-electron chi connectivity index (χ2n) is 14.0. The average molecular weight is 580 g/mol.